The SMILES string of the molecule is Cc1ccc(C(=O)NC(C)(C)C(C)(C)C(=O)O)cc1F. The van der Waals surface area contributed by atoms with Crippen LogP contribution in [0.4, 0.5) is 4.39 Å². The van der Waals surface area contributed by atoms with Gasteiger partial charge in [-0.25, -0.2) is 4.39 Å². The molecule has 0 fully saturated rings. The lowest BCUT2D eigenvalue weighted by Gasteiger charge is -2.38. The Hall–Kier alpha value is -1.91. The van der Waals surface area contributed by atoms with Crippen LogP contribution in [0.5, 0.6) is 0 Å². The molecule has 2 N–H and O–H groups in total. The zero-order chi connectivity index (χ0) is 15.7. The van der Waals surface area contributed by atoms with Crippen molar-refractivity contribution in [3.8, 4) is 0 Å². The predicted molar refractivity (Wildman–Crippen MR) is 74.1 cm³/mol. The largest absolute Gasteiger partial charge is 0.481 e. The molecular formula is C15H20FNO3. The first-order chi connectivity index (χ1) is 8.99. The molecule has 1 aromatic carbocycles. The highest BCUT2D eigenvalue weighted by Gasteiger charge is 2.44. The summed E-state index contributed by atoms with van der Waals surface area (Å²) in [5, 5.41) is 11.9. The predicted octanol–water partition coefficient (Wildman–Crippen LogP) is 2.75. The maximum atomic E-state index is 13.5. The third-order valence-corrected chi connectivity index (χ3v) is 3.96. The van der Waals surface area contributed by atoms with Crippen LogP contribution in [0.3, 0.4) is 0 Å². The Labute approximate surface area is 118 Å². The van der Waals surface area contributed by atoms with Gasteiger partial charge in [0.1, 0.15) is 5.82 Å². The number of carbonyl (C=O) groups excluding carboxylic acids is 1. The van der Waals surface area contributed by atoms with Crippen molar-refractivity contribution in [1.82, 2.24) is 5.32 Å². The van der Waals surface area contributed by atoms with Crippen molar-refractivity contribution in [3.63, 3.8) is 0 Å². The van der Waals surface area contributed by atoms with Gasteiger partial charge < -0.3 is 10.4 Å². The van der Waals surface area contributed by atoms with Crippen LogP contribution in [0.25, 0.3) is 0 Å². The quantitative estimate of drug-likeness (QED) is 0.891. The third kappa shape index (κ3) is 2.98. The minimum atomic E-state index is -1.16. The van der Waals surface area contributed by atoms with Gasteiger partial charge in [0, 0.05) is 5.56 Å². The number of amides is 1. The van der Waals surface area contributed by atoms with E-state index < -0.39 is 28.6 Å². The van der Waals surface area contributed by atoms with Crippen molar-refractivity contribution < 1.29 is 19.1 Å². The second kappa shape index (κ2) is 5.23. The Morgan fingerprint density at radius 3 is 2.20 bits per heavy atom. The molecule has 1 amide bonds. The van der Waals surface area contributed by atoms with Crippen LogP contribution >= 0.6 is 0 Å². The first kappa shape index (κ1) is 16.1. The van der Waals surface area contributed by atoms with Gasteiger partial charge in [0.2, 0.25) is 0 Å². The van der Waals surface area contributed by atoms with E-state index in [-0.39, 0.29) is 5.56 Å². The number of aryl methyl sites for hydroxylation is 1. The Balaban J connectivity index is 3.00. The number of carboxylic acid groups (broad SMARTS) is 1. The summed E-state index contributed by atoms with van der Waals surface area (Å²) in [5.41, 5.74) is -1.53. The molecule has 0 aliphatic rings. The lowest BCUT2D eigenvalue weighted by molar-refractivity contribution is -0.150. The normalized spacial score (nSPS) is 12.1. The minimum Gasteiger partial charge on any atom is -0.481 e. The average molecular weight is 281 g/mol. The Kier molecular flexibility index (Phi) is 4.22. The molecule has 5 heteroatoms. The van der Waals surface area contributed by atoms with Crippen LogP contribution in [0.15, 0.2) is 18.2 Å². The van der Waals surface area contributed by atoms with Crippen LogP contribution in [0, 0.1) is 18.2 Å². The van der Waals surface area contributed by atoms with Crippen LogP contribution in [0.2, 0.25) is 0 Å². The van der Waals surface area contributed by atoms with E-state index in [0.717, 1.165) is 6.07 Å². The van der Waals surface area contributed by atoms with Gasteiger partial charge in [-0.15, -0.1) is 0 Å². The van der Waals surface area contributed by atoms with E-state index in [1.165, 1.54) is 26.0 Å². The average Bonchev–Trinajstić information content (AvgIpc) is 2.31. The molecule has 0 heterocycles. The van der Waals surface area contributed by atoms with Gasteiger partial charge in [0.05, 0.1) is 11.0 Å². The summed E-state index contributed by atoms with van der Waals surface area (Å²) in [6.45, 7) is 7.93. The molecule has 1 aromatic rings. The molecule has 0 aliphatic carbocycles. The first-order valence-corrected chi connectivity index (χ1v) is 6.31. The number of hydrogen-bond acceptors (Lipinski definition) is 2. The molecule has 0 bridgehead atoms. The maximum Gasteiger partial charge on any atom is 0.311 e. The zero-order valence-electron chi connectivity index (χ0n) is 12.4. The standard InChI is InChI=1S/C15H20FNO3/c1-9-6-7-10(8-11(9)16)12(18)17-15(4,5)14(2,3)13(19)20/h6-8H,1-5H3,(H,17,18)(H,19,20). The first-order valence-electron chi connectivity index (χ1n) is 6.31. The Bertz CT molecular complexity index is 550. The molecular weight excluding hydrogens is 261 g/mol. The second-order valence-corrected chi connectivity index (χ2v) is 5.97. The van der Waals surface area contributed by atoms with Gasteiger partial charge in [-0.3, -0.25) is 9.59 Å². The maximum absolute atomic E-state index is 13.5. The van der Waals surface area contributed by atoms with E-state index >= 15 is 0 Å². The van der Waals surface area contributed by atoms with E-state index in [4.69, 9.17) is 0 Å². The fraction of sp³-hybridized carbons (Fsp3) is 0.467. The molecule has 0 spiro atoms. The molecule has 0 saturated carbocycles. The molecule has 0 atom stereocenters. The Morgan fingerprint density at radius 2 is 1.75 bits per heavy atom. The molecule has 4 nitrogen and oxygen atoms in total. The van der Waals surface area contributed by atoms with Gasteiger partial charge in [-0.05, 0) is 52.3 Å². The van der Waals surface area contributed by atoms with Crippen molar-refractivity contribution in [3.05, 3.63) is 35.1 Å². The number of benzene rings is 1. The van der Waals surface area contributed by atoms with Crippen molar-refractivity contribution in [2.45, 2.75) is 40.2 Å². The highest BCUT2D eigenvalue weighted by molar-refractivity contribution is 5.95. The third-order valence-electron chi connectivity index (χ3n) is 3.96. The van der Waals surface area contributed by atoms with Crippen molar-refractivity contribution >= 4 is 11.9 Å². The molecule has 1 rings (SSSR count). The summed E-state index contributed by atoms with van der Waals surface area (Å²) < 4.78 is 13.5. The highest BCUT2D eigenvalue weighted by Crippen LogP contribution is 2.31. The van der Waals surface area contributed by atoms with Gasteiger partial charge >= 0.3 is 5.97 Å². The summed E-state index contributed by atoms with van der Waals surface area (Å²) >= 11 is 0. The topological polar surface area (TPSA) is 66.4 Å². The summed E-state index contributed by atoms with van der Waals surface area (Å²) in [4.78, 5) is 23.4. The number of rotatable bonds is 4. The molecule has 0 saturated heterocycles. The van der Waals surface area contributed by atoms with Gasteiger partial charge in [-0.1, -0.05) is 6.07 Å². The summed E-state index contributed by atoms with van der Waals surface area (Å²) in [5.74, 6) is -1.98. The molecule has 0 aliphatic heterocycles. The van der Waals surface area contributed by atoms with E-state index in [1.54, 1.807) is 20.8 Å². The number of nitrogens with one attached hydrogen (secondary N) is 1. The molecule has 110 valence electrons. The van der Waals surface area contributed by atoms with Crippen LogP contribution in [-0.4, -0.2) is 22.5 Å². The summed E-state index contributed by atoms with van der Waals surface area (Å²) in [6, 6.07) is 4.17. The van der Waals surface area contributed by atoms with Crippen molar-refractivity contribution in [2.75, 3.05) is 0 Å². The van der Waals surface area contributed by atoms with E-state index in [0.29, 0.717) is 5.56 Å². The van der Waals surface area contributed by atoms with E-state index in [1.807, 2.05) is 0 Å². The summed E-state index contributed by atoms with van der Waals surface area (Å²) in [6.07, 6.45) is 0. The van der Waals surface area contributed by atoms with Crippen LogP contribution in [0.1, 0.15) is 43.6 Å². The smallest absolute Gasteiger partial charge is 0.311 e. The van der Waals surface area contributed by atoms with Gasteiger partial charge in [0.15, 0.2) is 0 Å². The minimum absolute atomic E-state index is 0.169. The lowest BCUT2D eigenvalue weighted by Crippen LogP contribution is -2.56. The lowest BCUT2D eigenvalue weighted by atomic mass is 9.74. The summed E-state index contributed by atoms with van der Waals surface area (Å²) in [7, 11) is 0. The van der Waals surface area contributed by atoms with Crippen LogP contribution in [-0.2, 0) is 4.79 Å². The molecule has 20 heavy (non-hydrogen) atoms. The second-order valence-electron chi connectivity index (χ2n) is 5.97. The molecule has 0 unspecified atom stereocenters. The highest BCUT2D eigenvalue weighted by atomic mass is 19.1. The number of halogens is 1. The number of carboxylic acids is 1. The van der Waals surface area contributed by atoms with Gasteiger partial charge in [0.25, 0.3) is 5.91 Å². The fourth-order valence-corrected chi connectivity index (χ4v) is 1.51. The molecule has 0 radical (unpaired) electrons. The number of aliphatic carboxylic acids is 1. The zero-order valence-corrected chi connectivity index (χ0v) is 12.4. The number of hydrogen-bond donors (Lipinski definition) is 2. The number of carbonyl (C=O) groups is 2. The van der Waals surface area contributed by atoms with Gasteiger partial charge in [-0.2, -0.15) is 0 Å². The monoisotopic (exact) mass is 281 g/mol. The molecule has 0 aromatic heterocycles. The Morgan fingerprint density at radius 1 is 1.20 bits per heavy atom. The van der Waals surface area contributed by atoms with Crippen molar-refractivity contribution in [2.24, 2.45) is 5.41 Å². The van der Waals surface area contributed by atoms with E-state index in [2.05, 4.69) is 5.32 Å². The van der Waals surface area contributed by atoms with Crippen molar-refractivity contribution in [1.29, 1.82) is 0 Å². The van der Waals surface area contributed by atoms with Crippen LogP contribution < -0.4 is 5.32 Å². The van der Waals surface area contributed by atoms with E-state index in [9.17, 15) is 19.1 Å². The fourth-order valence-electron chi connectivity index (χ4n) is 1.51.